The number of rotatable bonds is 3. The van der Waals surface area contributed by atoms with E-state index < -0.39 is 6.04 Å². The van der Waals surface area contributed by atoms with Crippen LogP contribution in [-0.2, 0) is 11.3 Å². The number of nitrogens with one attached hydrogen (secondary N) is 1. The molecule has 0 spiro atoms. The lowest BCUT2D eigenvalue weighted by Gasteiger charge is -2.46. The fourth-order valence-corrected chi connectivity index (χ4v) is 5.56. The van der Waals surface area contributed by atoms with Gasteiger partial charge in [0.25, 0.3) is 5.91 Å². The predicted molar refractivity (Wildman–Crippen MR) is 129 cm³/mol. The summed E-state index contributed by atoms with van der Waals surface area (Å²) in [4.78, 5) is 34.7. The first-order valence-corrected chi connectivity index (χ1v) is 11.7. The summed E-state index contributed by atoms with van der Waals surface area (Å²) >= 11 is 0. The molecule has 0 bridgehead atoms. The summed E-state index contributed by atoms with van der Waals surface area (Å²) in [5.74, 6) is 0.275. The highest BCUT2D eigenvalue weighted by Gasteiger charge is 2.56. The van der Waals surface area contributed by atoms with E-state index in [9.17, 15) is 9.59 Å². The molecular weight excluding hydrogens is 414 g/mol. The van der Waals surface area contributed by atoms with Crippen LogP contribution in [0.25, 0.3) is 0 Å². The molecule has 4 atom stereocenters. The number of hydrogen-bond donors (Lipinski definition) is 1. The lowest BCUT2D eigenvalue weighted by Crippen LogP contribution is -2.66. The van der Waals surface area contributed by atoms with Gasteiger partial charge in [0, 0.05) is 25.8 Å². The van der Waals surface area contributed by atoms with E-state index in [0.29, 0.717) is 12.5 Å². The van der Waals surface area contributed by atoms with Crippen molar-refractivity contribution in [3.05, 3.63) is 64.7 Å². The number of carbonyl (C=O) groups excluding carboxylic acids is 2. The minimum Gasteiger partial charge on any atom is -0.343 e. The molecule has 7 heteroatoms. The normalized spacial score (nSPS) is 27.7. The van der Waals surface area contributed by atoms with E-state index in [-0.39, 0.29) is 24.4 Å². The van der Waals surface area contributed by atoms with Crippen molar-refractivity contribution in [2.24, 2.45) is 5.92 Å². The third-order valence-electron chi connectivity index (χ3n) is 7.08. The molecule has 0 aliphatic carbocycles. The second-order valence-electron chi connectivity index (χ2n) is 10.0. The molecule has 3 saturated heterocycles. The van der Waals surface area contributed by atoms with Crippen molar-refractivity contribution in [1.29, 1.82) is 0 Å². The van der Waals surface area contributed by atoms with Gasteiger partial charge in [0.2, 0.25) is 0 Å². The Kier molecular flexibility index (Phi) is 5.41. The van der Waals surface area contributed by atoms with Crippen molar-refractivity contribution in [1.82, 2.24) is 20.0 Å². The van der Waals surface area contributed by atoms with Gasteiger partial charge in [0.05, 0.1) is 6.54 Å². The molecule has 0 aromatic heterocycles. The quantitative estimate of drug-likeness (QED) is 0.784. The molecule has 5 rings (SSSR count). The highest BCUT2D eigenvalue weighted by atomic mass is 16.2. The Bertz CT molecular complexity index is 1060. The van der Waals surface area contributed by atoms with Crippen LogP contribution in [0.2, 0.25) is 0 Å². The number of likely N-dealkylation sites (N-methyl/N-ethyl adjacent to an activating group) is 1. The summed E-state index contributed by atoms with van der Waals surface area (Å²) in [5.41, 5.74) is 5.71. The molecule has 3 aliphatic rings. The van der Waals surface area contributed by atoms with Gasteiger partial charge >= 0.3 is 6.03 Å². The molecule has 2 aromatic rings. The summed E-state index contributed by atoms with van der Waals surface area (Å²) in [6, 6.07) is 13.9. The van der Waals surface area contributed by atoms with Gasteiger partial charge in [0.15, 0.2) is 0 Å². The van der Waals surface area contributed by atoms with Crippen LogP contribution in [0, 0.1) is 26.7 Å². The highest BCUT2D eigenvalue weighted by Crippen LogP contribution is 2.35. The Balaban J connectivity index is 1.46. The number of fused-ring (bicyclic) bond motifs is 3. The number of anilines is 1. The minimum absolute atomic E-state index is 0.117. The average molecular weight is 448 g/mol. The largest absolute Gasteiger partial charge is 0.343 e. The van der Waals surface area contributed by atoms with Gasteiger partial charge in [-0.1, -0.05) is 42.8 Å². The van der Waals surface area contributed by atoms with Crippen LogP contribution in [0.5, 0.6) is 0 Å². The second-order valence-corrected chi connectivity index (χ2v) is 10.0. The first-order valence-electron chi connectivity index (χ1n) is 11.7. The maximum absolute atomic E-state index is 13.7. The highest BCUT2D eigenvalue weighted by molar-refractivity contribution is 6.00. The van der Waals surface area contributed by atoms with Gasteiger partial charge in [-0.25, -0.2) is 4.79 Å². The monoisotopic (exact) mass is 447 g/mol. The first-order chi connectivity index (χ1) is 15.7. The van der Waals surface area contributed by atoms with Crippen molar-refractivity contribution < 1.29 is 9.59 Å². The fourth-order valence-electron chi connectivity index (χ4n) is 5.56. The predicted octanol–water partition coefficient (Wildman–Crippen LogP) is 3.05. The summed E-state index contributed by atoms with van der Waals surface area (Å²) < 4.78 is 0. The molecule has 33 heavy (non-hydrogen) atoms. The van der Waals surface area contributed by atoms with E-state index in [0.717, 1.165) is 29.9 Å². The van der Waals surface area contributed by atoms with Gasteiger partial charge in [-0.2, -0.15) is 0 Å². The Morgan fingerprint density at radius 3 is 2.27 bits per heavy atom. The van der Waals surface area contributed by atoms with E-state index >= 15 is 0 Å². The van der Waals surface area contributed by atoms with Crippen molar-refractivity contribution in [3.8, 4) is 0 Å². The number of aryl methyl sites for hydroxylation is 3. The number of nitrogens with zero attached hydrogens (tertiary/aromatic N) is 4. The molecule has 174 valence electrons. The number of carbonyl (C=O) groups is 2. The summed E-state index contributed by atoms with van der Waals surface area (Å²) in [6.07, 6.45) is -0.473. The van der Waals surface area contributed by atoms with Crippen LogP contribution in [0.3, 0.4) is 0 Å². The lowest BCUT2D eigenvalue weighted by molar-refractivity contribution is -0.139. The molecule has 0 saturated carbocycles. The zero-order valence-corrected chi connectivity index (χ0v) is 20.1. The molecule has 3 amide bonds. The topological polar surface area (TPSA) is 59.1 Å². The van der Waals surface area contributed by atoms with Crippen LogP contribution < -0.4 is 10.2 Å². The number of imide groups is 1. The van der Waals surface area contributed by atoms with Crippen LogP contribution in [-0.4, -0.2) is 65.3 Å². The molecule has 4 unspecified atom stereocenters. The number of amides is 3. The number of urea groups is 1. The number of benzene rings is 2. The number of hydrogen-bond acceptors (Lipinski definition) is 5. The smallest absolute Gasteiger partial charge is 0.328 e. The fraction of sp³-hybridized carbons (Fsp3) is 0.462. The maximum atomic E-state index is 13.7. The van der Waals surface area contributed by atoms with Crippen molar-refractivity contribution in [2.45, 2.75) is 52.7 Å². The Morgan fingerprint density at radius 1 is 0.939 bits per heavy atom. The first kappa shape index (κ1) is 21.9. The van der Waals surface area contributed by atoms with E-state index in [1.165, 1.54) is 16.0 Å². The zero-order valence-electron chi connectivity index (χ0n) is 20.1. The summed E-state index contributed by atoms with van der Waals surface area (Å²) in [5, 5.41) is 3.61. The van der Waals surface area contributed by atoms with E-state index in [1.807, 2.05) is 31.2 Å². The van der Waals surface area contributed by atoms with E-state index in [1.54, 1.807) is 11.9 Å². The van der Waals surface area contributed by atoms with Gasteiger partial charge in [0.1, 0.15) is 18.5 Å². The lowest BCUT2D eigenvalue weighted by atomic mass is 10.0. The molecule has 2 aromatic carbocycles. The summed E-state index contributed by atoms with van der Waals surface area (Å²) in [6.45, 7) is 10.5. The van der Waals surface area contributed by atoms with Crippen LogP contribution in [0.4, 0.5) is 10.5 Å². The van der Waals surface area contributed by atoms with Crippen LogP contribution in [0.1, 0.15) is 29.2 Å². The molecule has 3 fully saturated rings. The maximum Gasteiger partial charge on any atom is 0.328 e. The molecule has 7 nitrogen and oxygen atoms in total. The van der Waals surface area contributed by atoms with Crippen molar-refractivity contribution in [2.75, 3.05) is 25.0 Å². The zero-order chi connectivity index (χ0) is 23.4. The molecular formula is C26H33N5O2. The Hall–Kier alpha value is -2.90. The van der Waals surface area contributed by atoms with E-state index in [4.69, 9.17) is 0 Å². The Labute approximate surface area is 195 Å². The average Bonchev–Trinajstić information content (AvgIpc) is 3.15. The third kappa shape index (κ3) is 3.79. The second kappa shape index (κ2) is 8.15. The van der Waals surface area contributed by atoms with Crippen LogP contribution >= 0.6 is 0 Å². The van der Waals surface area contributed by atoms with Gasteiger partial charge in [-0.05, 0) is 55.5 Å². The van der Waals surface area contributed by atoms with Crippen molar-refractivity contribution >= 4 is 17.6 Å². The molecule has 3 aliphatic heterocycles. The summed E-state index contributed by atoms with van der Waals surface area (Å²) in [7, 11) is 1.80. The van der Waals surface area contributed by atoms with Crippen molar-refractivity contribution in [3.63, 3.8) is 0 Å². The minimum atomic E-state index is -0.403. The van der Waals surface area contributed by atoms with Gasteiger partial charge < -0.3 is 9.80 Å². The SMILES string of the molecule is Cc1ccc(CN2C(=O)C3C(NC4N(c5cc(C)cc(C)c5)CC(C)CN34)N(C)C2=O)cc1. The third-order valence-corrected chi connectivity index (χ3v) is 7.08. The van der Waals surface area contributed by atoms with Gasteiger partial charge in [-0.3, -0.25) is 19.9 Å². The van der Waals surface area contributed by atoms with Crippen LogP contribution in [0.15, 0.2) is 42.5 Å². The molecule has 1 N–H and O–H groups in total. The van der Waals surface area contributed by atoms with E-state index in [2.05, 4.69) is 54.1 Å². The standard InChI is InChI=1S/C26H33N5O2/c1-16-6-8-20(9-7-16)15-31-24(32)22-23(28(5)26(31)33)27-25-29(13-19(4)14-30(22)25)21-11-17(2)10-18(3)12-21/h6-12,19,22-23,25,27H,13-15H2,1-5H3. The molecule has 3 heterocycles. The Morgan fingerprint density at radius 2 is 1.61 bits per heavy atom. The molecule has 0 radical (unpaired) electrons. The van der Waals surface area contributed by atoms with Gasteiger partial charge in [-0.15, -0.1) is 0 Å².